The molecule has 1 saturated carbocycles. The van der Waals surface area contributed by atoms with Crippen molar-refractivity contribution in [1.82, 2.24) is 10.6 Å². The molecule has 3 aliphatic rings. The molecular formula is C24H35N3O5. The average molecular weight is 446 g/mol. The molecule has 0 unspecified atom stereocenters. The zero-order chi connectivity index (χ0) is 22.5. The van der Waals surface area contributed by atoms with Gasteiger partial charge in [-0.15, -0.1) is 0 Å². The summed E-state index contributed by atoms with van der Waals surface area (Å²) in [7, 11) is 0. The van der Waals surface area contributed by atoms with Gasteiger partial charge in [-0.05, 0) is 43.9 Å². The molecule has 2 aliphatic heterocycles. The highest BCUT2D eigenvalue weighted by molar-refractivity contribution is 5.89. The van der Waals surface area contributed by atoms with Gasteiger partial charge in [-0.25, -0.2) is 4.79 Å². The van der Waals surface area contributed by atoms with Crippen LogP contribution in [0, 0.1) is 0 Å². The van der Waals surface area contributed by atoms with Crippen LogP contribution in [0.25, 0.3) is 0 Å². The van der Waals surface area contributed by atoms with Crippen LogP contribution in [0.5, 0.6) is 5.75 Å². The van der Waals surface area contributed by atoms with Crippen molar-refractivity contribution in [1.29, 1.82) is 0 Å². The maximum Gasteiger partial charge on any atom is 0.319 e. The monoisotopic (exact) mass is 445 g/mol. The Balaban J connectivity index is 1.42. The van der Waals surface area contributed by atoms with Crippen LogP contribution in [0.4, 0.5) is 10.5 Å². The van der Waals surface area contributed by atoms with Crippen molar-refractivity contribution >= 4 is 17.6 Å². The summed E-state index contributed by atoms with van der Waals surface area (Å²) in [5.41, 5.74) is 1.71. The van der Waals surface area contributed by atoms with E-state index in [1.807, 2.05) is 25.1 Å². The molecule has 4 rings (SSSR count). The number of carbonyl (C=O) groups is 2. The Morgan fingerprint density at radius 3 is 2.75 bits per heavy atom. The minimum absolute atomic E-state index is 0.00281. The van der Waals surface area contributed by atoms with Crippen LogP contribution in [0.1, 0.15) is 69.8 Å². The number of rotatable bonds is 7. The Kier molecular flexibility index (Phi) is 7.52. The number of benzene rings is 1. The summed E-state index contributed by atoms with van der Waals surface area (Å²) >= 11 is 0. The summed E-state index contributed by atoms with van der Waals surface area (Å²) in [6.45, 7) is 2.49. The van der Waals surface area contributed by atoms with Gasteiger partial charge in [0.2, 0.25) is 5.91 Å². The van der Waals surface area contributed by atoms with E-state index >= 15 is 0 Å². The first-order chi connectivity index (χ1) is 15.6. The number of anilines is 1. The van der Waals surface area contributed by atoms with Gasteiger partial charge in [0.05, 0.1) is 19.1 Å². The van der Waals surface area contributed by atoms with Gasteiger partial charge in [0.15, 0.2) is 0 Å². The van der Waals surface area contributed by atoms with Crippen molar-refractivity contribution < 1.29 is 24.2 Å². The Bertz CT molecular complexity index is 811. The van der Waals surface area contributed by atoms with Gasteiger partial charge < -0.3 is 30.5 Å². The zero-order valence-corrected chi connectivity index (χ0v) is 18.8. The number of ether oxygens (including phenoxy) is 2. The molecular weight excluding hydrogens is 410 g/mol. The van der Waals surface area contributed by atoms with Gasteiger partial charge >= 0.3 is 6.03 Å². The number of fused-ring (bicyclic) bond motifs is 3. The van der Waals surface area contributed by atoms with E-state index in [-0.39, 0.29) is 49.1 Å². The Labute approximate surface area is 189 Å². The van der Waals surface area contributed by atoms with Crippen molar-refractivity contribution in [2.75, 3.05) is 18.5 Å². The molecule has 3 amide bonds. The molecule has 4 N–H and O–H groups in total. The summed E-state index contributed by atoms with van der Waals surface area (Å²) in [4.78, 5) is 24.7. The molecule has 1 saturated heterocycles. The Hall–Kier alpha value is -2.32. The molecule has 176 valence electrons. The standard InChI is InChI=1S/C24H35N3O5/c1-2-10-25-22(29)13-17-12-19-18-11-16(27-24(30)26-15-6-4-3-5-7-15)8-9-20(18)32-23(19)21(14-28)31-17/h8-9,11,15,17,19,21,23,28H,2-7,10,12-14H2,1H3,(H,25,29)(H2,26,27,30)/t17-,19-,21-,23+/m0/s1. The summed E-state index contributed by atoms with van der Waals surface area (Å²) < 4.78 is 12.1. The summed E-state index contributed by atoms with van der Waals surface area (Å²) in [5, 5.41) is 18.8. The lowest BCUT2D eigenvalue weighted by Crippen LogP contribution is -2.47. The molecule has 0 aromatic heterocycles. The van der Waals surface area contributed by atoms with Gasteiger partial charge in [-0.2, -0.15) is 0 Å². The smallest absolute Gasteiger partial charge is 0.319 e. The van der Waals surface area contributed by atoms with E-state index < -0.39 is 6.10 Å². The number of urea groups is 1. The molecule has 2 fully saturated rings. The fraction of sp³-hybridized carbons (Fsp3) is 0.667. The molecule has 32 heavy (non-hydrogen) atoms. The number of aliphatic hydroxyl groups excluding tert-OH is 1. The quantitative estimate of drug-likeness (QED) is 0.516. The third kappa shape index (κ3) is 5.35. The Morgan fingerprint density at radius 2 is 2.00 bits per heavy atom. The lowest BCUT2D eigenvalue weighted by Gasteiger charge is -2.37. The molecule has 1 aromatic rings. The van der Waals surface area contributed by atoms with Crippen molar-refractivity contribution in [3.8, 4) is 5.75 Å². The molecule has 0 bridgehead atoms. The molecule has 2 heterocycles. The molecule has 8 nitrogen and oxygen atoms in total. The second-order valence-corrected chi connectivity index (χ2v) is 9.14. The number of aliphatic hydroxyl groups is 1. The van der Waals surface area contributed by atoms with Crippen LogP contribution in [0.3, 0.4) is 0 Å². The number of hydrogen-bond acceptors (Lipinski definition) is 5. The maximum absolute atomic E-state index is 12.5. The van der Waals surface area contributed by atoms with E-state index in [1.54, 1.807) is 0 Å². The van der Waals surface area contributed by atoms with Gasteiger partial charge in [-0.1, -0.05) is 26.2 Å². The van der Waals surface area contributed by atoms with Crippen LogP contribution >= 0.6 is 0 Å². The third-order valence-corrected chi connectivity index (χ3v) is 6.68. The van der Waals surface area contributed by atoms with E-state index in [1.165, 1.54) is 6.42 Å². The van der Waals surface area contributed by atoms with Crippen LogP contribution < -0.4 is 20.7 Å². The highest BCUT2D eigenvalue weighted by atomic mass is 16.6. The van der Waals surface area contributed by atoms with E-state index in [9.17, 15) is 14.7 Å². The molecule has 4 atom stereocenters. The fourth-order valence-corrected chi connectivity index (χ4v) is 5.11. The number of nitrogens with one attached hydrogen (secondary N) is 3. The predicted octanol–water partition coefficient (Wildman–Crippen LogP) is 3.05. The van der Waals surface area contributed by atoms with Gasteiger partial charge in [-0.3, -0.25) is 4.79 Å². The van der Waals surface area contributed by atoms with E-state index in [0.29, 0.717) is 18.7 Å². The van der Waals surface area contributed by atoms with Gasteiger partial charge in [0.25, 0.3) is 0 Å². The summed E-state index contributed by atoms with van der Waals surface area (Å²) in [5.74, 6) is 0.709. The number of hydrogen-bond donors (Lipinski definition) is 4. The fourth-order valence-electron chi connectivity index (χ4n) is 5.11. The van der Waals surface area contributed by atoms with E-state index in [4.69, 9.17) is 9.47 Å². The summed E-state index contributed by atoms with van der Waals surface area (Å²) in [6.07, 6.45) is 6.34. The maximum atomic E-state index is 12.5. The number of carbonyl (C=O) groups excluding carboxylic acids is 2. The lowest BCUT2D eigenvalue weighted by molar-refractivity contribution is -0.142. The minimum Gasteiger partial charge on any atom is -0.487 e. The molecule has 1 aromatic carbocycles. The normalized spacial score (nSPS) is 27.1. The van der Waals surface area contributed by atoms with E-state index in [2.05, 4.69) is 16.0 Å². The minimum atomic E-state index is -0.490. The second-order valence-electron chi connectivity index (χ2n) is 9.14. The van der Waals surface area contributed by atoms with Crippen LogP contribution in [0.2, 0.25) is 0 Å². The van der Waals surface area contributed by atoms with Crippen molar-refractivity contribution in [2.24, 2.45) is 0 Å². The van der Waals surface area contributed by atoms with Crippen molar-refractivity contribution in [2.45, 2.75) is 88.6 Å². The largest absolute Gasteiger partial charge is 0.487 e. The molecule has 8 heteroatoms. The Morgan fingerprint density at radius 1 is 1.19 bits per heavy atom. The van der Waals surface area contributed by atoms with Gasteiger partial charge in [0, 0.05) is 29.8 Å². The van der Waals surface area contributed by atoms with Crippen LogP contribution in [0.15, 0.2) is 18.2 Å². The molecule has 0 spiro atoms. The molecule has 1 aliphatic carbocycles. The highest BCUT2D eigenvalue weighted by Gasteiger charge is 2.46. The van der Waals surface area contributed by atoms with Gasteiger partial charge in [0.1, 0.15) is 18.0 Å². The zero-order valence-electron chi connectivity index (χ0n) is 18.8. The second kappa shape index (κ2) is 10.5. The van der Waals surface area contributed by atoms with Crippen molar-refractivity contribution in [3.63, 3.8) is 0 Å². The first kappa shape index (κ1) is 22.9. The summed E-state index contributed by atoms with van der Waals surface area (Å²) in [6, 6.07) is 5.71. The van der Waals surface area contributed by atoms with Crippen molar-refractivity contribution in [3.05, 3.63) is 23.8 Å². The average Bonchev–Trinajstić information content (AvgIpc) is 3.15. The SMILES string of the molecule is CCCNC(=O)C[C@@H]1C[C@H]2c3cc(NC(=O)NC4CCCCC4)ccc3O[C@H]2[C@H](CO)O1. The molecule has 0 radical (unpaired) electrons. The predicted molar refractivity (Wildman–Crippen MR) is 121 cm³/mol. The first-order valence-electron chi connectivity index (χ1n) is 12.0. The topological polar surface area (TPSA) is 109 Å². The van der Waals surface area contributed by atoms with Crippen LogP contribution in [-0.4, -0.2) is 54.6 Å². The first-order valence-corrected chi connectivity index (χ1v) is 12.0. The lowest BCUT2D eigenvalue weighted by atomic mass is 9.84. The van der Waals surface area contributed by atoms with E-state index in [0.717, 1.165) is 43.4 Å². The highest BCUT2D eigenvalue weighted by Crippen LogP contribution is 2.47. The van der Waals surface area contributed by atoms with Crippen LogP contribution in [-0.2, 0) is 9.53 Å². The third-order valence-electron chi connectivity index (χ3n) is 6.68. The number of amides is 3.